The first-order valence-electron chi connectivity index (χ1n) is 9.32. The fourth-order valence-corrected chi connectivity index (χ4v) is 3.53. The van der Waals surface area contributed by atoms with E-state index in [4.69, 9.17) is 32.7 Å². The van der Waals surface area contributed by atoms with Gasteiger partial charge in [-0.1, -0.05) is 35.3 Å². The van der Waals surface area contributed by atoms with Crippen LogP contribution in [0.1, 0.15) is 5.56 Å². The van der Waals surface area contributed by atoms with Crippen molar-refractivity contribution in [3.8, 4) is 22.9 Å². The summed E-state index contributed by atoms with van der Waals surface area (Å²) in [5, 5.41) is 6.21. The largest absolute Gasteiger partial charge is 0.497 e. The summed E-state index contributed by atoms with van der Waals surface area (Å²) in [6, 6.07) is 18.4. The lowest BCUT2D eigenvalue weighted by Gasteiger charge is -2.10. The fourth-order valence-electron chi connectivity index (χ4n) is 3.04. The number of benzene rings is 3. The van der Waals surface area contributed by atoms with Crippen molar-refractivity contribution in [3.05, 3.63) is 76.3 Å². The molecule has 8 heteroatoms. The summed E-state index contributed by atoms with van der Waals surface area (Å²) in [5.41, 5.74) is 5.25. The molecule has 0 saturated carbocycles. The lowest BCUT2D eigenvalue weighted by atomic mass is 10.2. The number of nitrogens with one attached hydrogen (secondary N) is 1. The van der Waals surface area contributed by atoms with Gasteiger partial charge in [0.25, 0.3) is 0 Å². The fraction of sp³-hybridized carbons (Fsp3) is 0.0870. The topological polar surface area (TPSA) is 68.6 Å². The molecule has 3 aromatic carbocycles. The van der Waals surface area contributed by atoms with E-state index < -0.39 is 0 Å². The third kappa shape index (κ3) is 4.55. The lowest BCUT2D eigenvalue weighted by Crippen LogP contribution is -2.00. The van der Waals surface area contributed by atoms with Gasteiger partial charge in [-0.05, 0) is 42.5 Å². The molecule has 4 aromatic rings. The minimum Gasteiger partial charge on any atom is -0.497 e. The van der Waals surface area contributed by atoms with Crippen LogP contribution in [-0.4, -0.2) is 30.4 Å². The highest BCUT2D eigenvalue weighted by atomic mass is 35.5. The van der Waals surface area contributed by atoms with Gasteiger partial charge in [-0.15, -0.1) is 0 Å². The van der Waals surface area contributed by atoms with Crippen molar-refractivity contribution in [3.63, 3.8) is 0 Å². The third-order valence-electron chi connectivity index (χ3n) is 4.59. The molecule has 0 radical (unpaired) electrons. The number of halogens is 2. The molecule has 0 aliphatic rings. The molecule has 0 aliphatic carbocycles. The van der Waals surface area contributed by atoms with Crippen LogP contribution in [0.4, 0.5) is 5.82 Å². The van der Waals surface area contributed by atoms with Crippen molar-refractivity contribution < 1.29 is 9.47 Å². The van der Waals surface area contributed by atoms with E-state index in [-0.39, 0.29) is 0 Å². The standard InChI is InChI=1S/C23H18Cl2N4O2/c1-30-16-9-7-14(21(12-16)31-2)13-26-29-23-18-5-3-4-6-20(18)27-22(28-23)17-10-8-15(24)11-19(17)25/h3-13H,1-2H3,(H,27,28,29)/b26-13+. The number of hydrogen-bond acceptors (Lipinski definition) is 6. The van der Waals surface area contributed by atoms with Crippen LogP contribution in [-0.2, 0) is 0 Å². The Morgan fingerprint density at radius 1 is 0.935 bits per heavy atom. The molecule has 156 valence electrons. The van der Waals surface area contributed by atoms with Gasteiger partial charge in [0.15, 0.2) is 11.6 Å². The monoisotopic (exact) mass is 452 g/mol. The van der Waals surface area contributed by atoms with E-state index in [9.17, 15) is 0 Å². The van der Waals surface area contributed by atoms with E-state index in [2.05, 4.69) is 20.5 Å². The van der Waals surface area contributed by atoms with Gasteiger partial charge >= 0.3 is 0 Å². The van der Waals surface area contributed by atoms with Crippen LogP contribution < -0.4 is 14.9 Å². The molecule has 1 aromatic heterocycles. The minimum absolute atomic E-state index is 0.472. The number of fused-ring (bicyclic) bond motifs is 1. The highest BCUT2D eigenvalue weighted by Gasteiger charge is 2.12. The predicted molar refractivity (Wildman–Crippen MR) is 126 cm³/mol. The average Bonchev–Trinajstić information content (AvgIpc) is 2.79. The first-order chi connectivity index (χ1) is 15.1. The van der Waals surface area contributed by atoms with E-state index >= 15 is 0 Å². The van der Waals surface area contributed by atoms with Gasteiger partial charge in [-0.2, -0.15) is 5.10 Å². The SMILES string of the molecule is COc1ccc(/C=N/Nc2nc(-c3ccc(Cl)cc3Cl)nc3ccccc23)c(OC)c1. The Balaban J connectivity index is 1.71. The Labute approximate surface area is 189 Å². The Morgan fingerprint density at radius 2 is 1.77 bits per heavy atom. The van der Waals surface area contributed by atoms with Crippen molar-refractivity contribution in [1.29, 1.82) is 0 Å². The molecule has 0 atom stereocenters. The van der Waals surface area contributed by atoms with Gasteiger partial charge in [0.2, 0.25) is 0 Å². The zero-order valence-corrected chi connectivity index (χ0v) is 18.3. The van der Waals surface area contributed by atoms with Crippen LogP contribution >= 0.6 is 23.2 Å². The number of nitrogens with zero attached hydrogens (tertiary/aromatic N) is 3. The molecule has 4 rings (SSSR count). The zero-order valence-electron chi connectivity index (χ0n) is 16.8. The molecule has 0 aliphatic heterocycles. The molecule has 31 heavy (non-hydrogen) atoms. The Morgan fingerprint density at radius 3 is 2.55 bits per heavy atom. The zero-order chi connectivity index (χ0) is 21.8. The molecule has 0 unspecified atom stereocenters. The maximum Gasteiger partial charge on any atom is 0.163 e. The molecule has 0 fully saturated rings. The summed E-state index contributed by atoms with van der Waals surface area (Å²) < 4.78 is 10.6. The van der Waals surface area contributed by atoms with Crippen molar-refractivity contribution >= 4 is 46.1 Å². The number of para-hydroxylation sites is 1. The van der Waals surface area contributed by atoms with Gasteiger partial charge in [0, 0.05) is 27.6 Å². The van der Waals surface area contributed by atoms with Crippen molar-refractivity contribution in [2.75, 3.05) is 19.6 Å². The predicted octanol–water partition coefficient (Wildman–Crippen LogP) is 6.07. The number of aromatic nitrogens is 2. The number of anilines is 1. The molecule has 6 nitrogen and oxygen atoms in total. The minimum atomic E-state index is 0.472. The maximum absolute atomic E-state index is 6.37. The molecule has 0 bridgehead atoms. The summed E-state index contributed by atoms with van der Waals surface area (Å²) in [5.74, 6) is 2.37. The summed E-state index contributed by atoms with van der Waals surface area (Å²) in [6.45, 7) is 0. The van der Waals surface area contributed by atoms with E-state index in [0.29, 0.717) is 38.8 Å². The summed E-state index contributed by atoms with van der Waals surface area (Å²) in [6.07, 6.45) is 1.66. The average molecular weight is 453 g/mol. The molecule has 1 N–H and O–H groups in total. The smallest absolute Gasteiger partial charge is 0.163 e. The quantitative estimate of drug-likeness (QED) is 0.284. The van der Waals surface area contributed by atoms with Crippen LogP contribution in [0, 0.1) is 0 Å². The number of rotatable bonds is 6. The van der Waals surface area contributed by atoms with E-state index in [1.165, 1.54) is 0 Å². The highest BCUT2D eigenvalue weighted by molar-refractivity contribution is 6.36. The van der Waals surface area contributed by atoms with Gasteiger partial charge in [-0.25, -0.2) is 9.97 Å². The van der Waals surface area contributed by atoms with Gasteiger partial charge in [0.05, 0.1) is 31.0 Å². The lowest BCUT2D eigenvalue weighted by molar-refractivity contribution is 0.394. The van der Waals surface area contributed by atoms with Crippen molar-refractivity contribution in [1.82, 2.24) is 9.97 Å². The maximum atomic E-state index is 6.37. The summed E-state index contributed by atoms with van der Waals surface area (Å²) >= 11 is 12.4. The molecule has 0 saturated heterocycles. The van der Waals surface area contributed by atoms with Gasteiger partial charge < -0.3 is 9.47 Å². The first-order valence-corrected chi connectivity index (χ1v) is 10.1. The number of ether oxygens (including phenoxy) is 2. The van der Waals surface area contributed by atoms with Gasteiger partial charge in [-0.3, -0.25) is 5.43 Å². The van der Waals surface area contributed by atoms with Crippen molar-refractivity contribution in [2.45, 2.75) is 0 Å². The molecular formula is C23H18Cl2N4O2. The van der Waals surface area contributed by atoms with Crippen LogP contribution in [0.3, 0.4) is 0 Å². The number of methoxy groups -OCH3 is 2. The number of hydrogen-bond donors (Lipinski definition) is 1. The molecular weight excluding hydrogens is 435 g/mol. The van der Waals surface area contributed by atoms with E-state index in [1.54, 1.807) is 44.7 Å². The highest BCUT2D eigenvalue weighted by Crippen LogP contribution is 2.31. The second-order valence-electron chi connectivity index (χ2n) is 6.52. The third-order valence-corrected chi connectivity index (χ3v) is 5.14. The van der Waals surface area contributed by atoms with Crippen LogP contribution in [0.15, 0.2) is 65.8 Å². The Kier molecular flexibility index (Phi) is 6.21. The van der Waals surface area contributed by atoms with Gasteiger partial charge in [0.1, 0.15) is 11.5 Å². The van der Waals surface area contributed by atoms with Crippen LogP contribution in [0.5, 0.6) is 11.5 Å². The first kappa shape index (κ1) is 20.9. The second kappa shape index (κ2) is 9.20. The second-order valence-corrected chi connectivity index (χ2v) is 7.36. The molecule has 0 spiro atoms. The van der Waals surface area contributed by atoms with Crippen LogP contribution in [0.25, 0.3) is 22.3 Å². The van der Waals surface area contributed by atoms with E-state index in [0.717, 1.165) is 16.5 Å². The summed E-state index contributed by atoms with van der Waals surface area (Å²) in [7, 11) is 3.20. The van der Waals surface area contributed by atoms with Crippen LogP contribution in [0.2, 0.25) is 10.0 Å². The molecule has 1 heterocycles. The van der Waals surface area contributed by atoms with E-state index in [1.807, 2.05) is 36.4 Å². The van der Waals surface area contributed by atoms with Crippen molar-refractivity contribution in [2.24, 2.45) is 5.10 Å². The molecule has 0 amide bonds. The summed E-state index contributed by atoms with van der Waals surface area (Å²) in [4.78, 5) is 9.29. The Hall–Kier alpha value is -3.35. The Bertz CT molecular complexity index is 1280. The normalized spacial score (nSPS) is 11.1. The number of hydrazone groups is 1.